The standard InChI is InChI=1S/C11H12N2O3/c1-7-3-4-13-8(5-7)12-10(16)11(13,2)6-9(14)15/h3-5H,6H2,1-2H3,(H,14,15)/t11-/m1/s1. The number of rotatable bonds is 2. The molecule has 0 aromatic carbocycles. The molecule has 0 fully saturated rings. The minimum Gasteiger partial charge on any atom is -0.481 e. The fourth-order valence-electron chi connectivity index (χ4n) is 1.88. The van der Waals surface area contributed by atoms with Crippen LogP contribution in [0.1, 0.15) is 20.3 Å². The van der Waals surface area contributed by atoms with Crippen molar-refractivity contribution in [2.24, 2.45) is 4.99 Å². The lowest BCUT2D eigenvalue weighted by atomic mass is 9.95. The molecule has 0 bridgehead atoms. The Bertz CT molecular complexity index is 462. The molecule has 5 nitrogen and oxygen atoms in total. The highest BCUT2D eigenvalue weighted by molar-refractivity contribution is 6.13. The van der Waals surface area contributed by atoms with Gasteiger partial charge in [-0.3, -0.25) is 9.59 Å². The van der Waals surface area contributed by atoms with E-state index in [2.05, 4.69) is 4.99 Å². The van der Waals surface area contributed by atoms with Crippen LogP contribution in [0.15, 0.2) is 28.9 Å². The molecule has 16 heavy (non-hydrogen) atoms. The summed E-state index contributed by atoms with van der Waals surface area (Å²) in [6, 6.07) is 0. The van der Waals surface area contributed by atoms with E-state index >= 15 is 0 Å². The number of aliphatic imine (C=N–C) groups is 1. The van der Waals surface area contributed by atoms with Gasteiger partial charge in [-0.2, -0.15) is 4.99 Å². The number of carboxylic acid groups (broad SMARTS) is 1. The summed E-state index contributed by atoms with van der Waals surface area (Å²) < 4.78 is 0. The van der Waals surface area contributed by atoms with Gasteiger partial charge in [-0.25, -0.2) is 0 Å². The molecule has 0 aliphatic carbocycles. The van der Waals surface area contributed by atoms with Crippen LogP contribution in [0.4, 0.5) is 0 Å². The van der Waals surface area contributed by atoms with E-state index < -0.39 is 17.4 Å². The third-order valence-corrected chi connectivity index (χ3v) is 2.79. The van der Waals surface area contributed by atoms with Crippen LogP contribution in [0.2, 0.25) is 0 Å². The summed E-state index contributed by atoms with van der Waals surface area (Å²) in [5.74, 6) is -0.888. The first-order valence-electron chi connectivity index (χ1n) is 4.94. The van der Waals surface area contributed by atoms with Gasteiger partial charge in [-0.15, -0.1) is 0 Å². The summed E-state index contributed by atoms with van der Waals surface area (Å²) in [5.41, 5.74) is -0.100. The molecule has 2 aliphatic heterocycles. The second-order valence-electron chi connectivity index (χ2n) is 4.19. The summed E-state index contributed by atoms with van der Waals surface area (Å²) in [7, 11) is 0. The molecular weight excluding hydrogens is 208 g/mol. The summed E-state index contributed by atoms with van der Waals surface area (Å²) in [5, 5.41) is 8.83. The smallest absolute Gasteiger partial charge is 0.306 e. The van der Waals surface area contributed by atoms with Gasteiger partial charge in [0, 0.05) is 6.20 Å². The first kappa shape index (κ1) is 10.6. The molecule has 5 heteroatoms. The number of carbonyl (C=O) groups is 2. The first-order chi connectivity index (χ1) is 7.43. The van der Waals surface area contributed by atoms with Gasteiger partial charge in [0.05, 0.1) is 6.42 Å². The van der Waals surface area contributed by atoms with Gasteiger partial charge < -0.3 is 10.0 Å². The van der Waals surface area contributed by atoms with Gasteiger partial charge in [0.15, 0.2) is 0 Å². The van der Waals surface area contributed by atoms with Gasteiger partial charge in [0.25, 0.3) is 5.91 Å². The number of carbonyl (C=O) groups excluding carboxylic acids is 1. The van der Waals surface area contributed by atoms with E-state index in [1.54, 1.807) is 24.1 Å². The highest BCUT2D eigenvalue weighted by Gasteiger charge is 2.47. The molecular formula is C11H12N2O3. The molecule has 0 spiro atoms. The topological polar surface area (TPSA) is 70.0 Å². The van der Waals surface area contributed by atoms with E-state index in [0.717, 1.165) is 5.57 Å². The molecule has 0 unspecified atom stereocenters. The fourth-order valence-corrected chi connectivity index (χ4v) is 1.88. The summed E-state index contributed by atoms with van der Waals surface area (Å²) >= 11 is 0. The maximum atomic E-state index is 11.7. The van der Waals surface area contributed by atoms with Crippen LogP contribution in [0.5, 0.6) is 0 Å². The number of nitrogens with zero attached hydrogens (tertiary/aromatic N) is 2. The Hall–Kier alpha value is -1.91. The predicted molar refractivity (Wildman–Crippen MR) is 57.8 cm³/mol. The van der Waals surface area contributed by atoms with Crippen LogP contribution in [0.3, 0.4) is 0 Å². The largest absolute Gasteiger partial charge is 0.481 e. The highest BCUT2D eigenvalue weighted by Crippen LogP contribution is 2.31. The average molecular weight is 220 g/mol. The second kappa shape index (κ2) is 3.30. The van der Waals surface area contributed by atoms with E-state index in [9.17, 15) is 9.59 Å². The van der Waals surface area contributed by atoms with E-state index in [1.807, 2.05) is 13.0 Å². The van der Waals surface area contributed by atoms with E-state index in [4.69, 9.17) is 5.11 Å². The van der Waals surface area contributed by atoms with Crippen molar-refractivity contribution in [3.8, 4) is 0 Å². The lowest BCUT2D eigenvalue weighted by Crippen LogP contribution is -2.48. The molecule has 2 rings (SSSR count). The van der Waals surface area contributed by atoms with Crippen molar-refractivity contribution in [3.05, 3.63) is 23.9 Å². The van der Waals surface area contributed by atoms with Crippen molar-refractivity contribution in [1.82, 2.24) is 4.90 Å². The van der Waals surface area contributed by atoms with Gasteiger partial charge in [-0.05, 0) is 31.6 Å². The molecule has 0 aromatic heterocycles. The maximum absolute atomic E-state index is 11.7. The molecule has 1 atom stereocenters. The van der Waals surface area contributed by atoms with Crippen LogP contribution < -0.4 is 0 Å². The van der Waals surface area contributed by atoms with Crippen LogP contribution in [0, 0.1) is 0 Å². The molecule has 0 aromatic rings. The van der Waals surface area contributed by atoms with Crippen molar-refractivity contribution in [3.63, 3.8) is 0 Å². The summed E-state index contributed by atoms with van der Waals surface area (Å²) in [4.78, 5) is 28.0. The van der Waals surface area contributed by atoms with Gasteiger partial charge >= 0.3 is 5.97 Å². The van der Waals surface area contributed by atoms with E-state index in [0.29, 0.717) is 5.84 Å². The van der Waals surface area contributed by atoms with Crippen molar-refractivity contribution < 1.29 is 14.7 Å². The summed E-state index contributed by atoms with van der Waals surface area (Å²) in [6.45, 7) is 3.49. The number of hydrogen-bond donors (Lipinski definition) is 1. The normalized spacial score (nSPS) is 27.6. The predicted octanol–water partition coefficient (Wildman–Crippen LogP) is 0.934. The van der Waals surface area contributed by atoms with E-state index in [-0.39, 0.29) is 6.42 Å². The lowest BCUT2D eigenvalue weighted by molar-refractivity contribution is -0.142. The van der Waals surface area contributed by atoms with Gasteiger partial charge in [-0.1, -0.05) is 0 Å². The molecule has 1 N–H and O–H groups in total. The lowest BCUT2D eigenvalue weighted by Gasteiger charge is -2.32. The molecule has 2 heterocycles. The van der Waals surface area contributed by atoms with Crippen LogP contribution in [0.25, 0.3) is 0 Å². The maximum Gasteiger partial charge on any atom is 0.306 e. The van der Waals surface area contributed by atoms with Crippen molar-refractivity contribution in [2.45, 2.75) is 25.8 Å². The number of amides is 1. The third-order valence-electron chi connectivity index (χ3n) is 2.79. The average Bonchev–Trinajstić information content (AvgIpc) is 2.37. The Morgan fingerprint density at radius 3 is 2.94 bits per heavy atom. The fraction of sp³-hybridized carbons (Fsp3) is 0.364. The summed E-state index contributed by atoms with van der Waals surface area (Å²) in [6.07, 6.45) is 5.06. The van der Waals surface area contributed by atoms with Crippen LogP contribution >= 0.6 is 0 Å². The monoisotopic (exact) mass is 220 g/mol. The third kappa shape index (κ3) is 1.44. The number of allylic oxidation sites excluding steroid dienone is 2. The Labute approximate surface area is 92.8 Å². The Kier molecular flexibility index (Phi) is 2.18. The molecule has 84 valence electrons. The minimum atomic E-state index is -1.09. The quantitative estimate of drug-likeness (QED) is 0.751. The molecule has 0 radical (unpaired) electrons. The number of hydrogen-bond acceptors (Lipinski definition) is 3. The number of fused-ring (bicyclic) bond motifs is 1. The SMILES string of the molecule is CC1=CC2=NC(=O)[C@@](C)(CC(=O)O)N2C=C1. The van der Waals surface area contributed by atoms with Gasteiger partial charge in [0.2, 0.25) is 0 Å². The van der Waals surface area contributed by atoms with Crippen LogP contribution in [-0.2, 0) is 9.59 Å². The Morgan fingerprint density at radius 1 is 1.62 bits per heavy atom. The molecule has 1 amide bonds. The Balaban J connectivity index is 2.37. The molecule has 2 aliphatic rings. The zero-order valence-corrected chi connectivity index (χ0v) is 9.10. The number of amidine groups is 1. The Morgan fingerprint density at radius 2 is 2.31 bits per heavy atom. The number of carboxylic acids is 1. The van der Waals surface area contributed by atoms with Crippen molar-refractivity contribution in [1.29, 1.82) is 0 Å². The molecule has 0 saturated carbocycles. The highest BCUT2D eigenvalue weighted by atomic mass is 16.4. The van der Waals surface area contributed by atoms with Crippen molar-refractivity contribution >= 4 is 17.7 Å². The van der Waals surface area contributed by atoms with Crippen molar-refractivity contribution in [2.75, 3.05) is 0 Å². The first-order valence-corrected chi connectivity index (χ1v) is 4.94. The minimum absolute atomic E-state index is 0.254. The zero-order valence-electron chi connectivity index (χ0n) is 9.10. The number of aliphatic carboxylic acids is 1. The zero-order chi connectivity index (χ0) is 11.9. The second-order valence-corrected chi connectivity index (χ2v) is 4.19. The van der Waals surface area contributed by atoms with E-state index in [1.165, 1.54) is 0 Å². The van der Waals surface area contributed by atoms with Crippen LogP contribution in [-0.4, -0.2) is 33.3 Å². The van der Waals surface area contributed by atoms with Gasteiger partial charge in [0.1, 0.15) is 11.4 Å². The molecule has 0 saturated heterocycles.